The number of halogens is 1. The van der Waals surface area contributed by atoms with Gasteiger partial charge in [-0.05, 0) is 44.0 Å². The number of aryl methyl sites for hydroxylation is 1. The van der Waals surface area contributed by atoms with E-state index in [2.05, 4.69) is 15.9 Å². The van der Waals surface area contributed by atoms with Gasteiger partial charge in [0.15, 0.2) is 0 Å². The number of benzene rings is 1. The maximum atomic E-state index is 13.0. The monoisotopic (exact) mass is 443 g/mol. The van der Waals surface area contributed by atoms with Gasteiger partial charge in [-0.1, -0.05) is 47.3 Å². The van der Waals surface area contributed by atoms with Crippen LogP contribution in [-0.4, -0.2) is 27.7 Å². The molecule has 1 amide bonds. The first kappa shape index (κ1) is 19.0. The molecule has 146 valence electrons. The minimum atomic E-state index is -0.694. The van der Waals surface area contributed by atoms with Crippen LogP contribution in [0.4, 0.5) is 0 Å². The van der Waals surface area contributed by atoms with Crippen LogP contribution in [0.3, 0.4) is 0 Å². The highest BCUT2D eigenvalue weighted by Gasteiger charge is 2.50. The van der Waals surface area contributed by atoms with Gasteiger partial charge in [0.05, 0.1) is 5.57 Å². The quantitative estimate of drug-likeness (QED) is 0.406. The fraction of sp³-hybridized carbons (Fsp3) is 0.364. The van der Waals surface area contributed by atoms with E-state index in [1.807, 2.05) is 13.0 Å². The summed E-state index contributed by atoms with van der Waals surface area (Å²) < 4.78 is 6.69. The van der Waals surface area contributed by atoms with Gasteiger partial charge >= 0.3 is 0 Å². The van der Waals surface area contributed by atoms with Crippen LogP contribution in [-0.2, 0) is 9.59 Å². The number of Topliss-reactive ketones (excluding diaryl/α,β-unsaturated/α-hetero) is 1. The molecular formula is C22H22BrNO4. The summed E-state index contributed by atoms with van der Waals surface area (Å²) in [5, 5.41) is 11.0. The van der Waals surface area contributed by atoms with Gasteiger partial charge in [-0.15, -0.1) is 0 Å². The van der Waals surface area contributed by atoms with Gasteiger partial charge < -0.3 is 14.4 Å². The van der Waals surface area contributed by atoms with Gasteiger partial charge in [-0.25, -0.2) is 0 Å². The average Bonchev–Trinajstić information content (AvgIpc) is 3.24. The number of aliphatic hydroxyl groups excluding tert-OH is 1. The van der Waals surface area contributed by atoms with Gasteiger partial charge in [-0.3, -0.25) is 9.59 Å². The van der Waals surface area contributed by atoms with Crippen molar-refractivity contribution >= 4 is 33.4 Å². The van der Waals surface area contributed by atoms with Crippen LogP contribution < -0.4 is 0 Å². The molecule has 0 radical (unpaired) electrons. The van der Waals surface area contributed by atoms with Crippen molar-refractivity contribution in [2.45, 2.75) is 51.1 Å². The van der Waals surface area contributed by atoms with Crippen LogP contribution >= 0.6 is 15.9 Å². The van der Waals surface area contributed by atoms with E-state index in [-0.39, 0.29) is 17.4 Å². The van der Waals surface area contributed by atoms with Crippen molar-refractivity contribution < 1.29 is 19.1 Å². The zero-order chi connectivity index (χ0) is 19.8. The van der Waals surface area contributed by atoms with Crippen LogP contribution in [0, 0.1) is 6.92 Å². The molecule has 2 aliphatic rings. The van der Waals surface area contributed by atoms with Crippen LogP contribution in [0.25, 0.3) is 5.76 Å². The van der Waals surface area contributed by atoms with Gasteiger partial charge in [-0.2, -0.15) is 0 Å². The molecule has 2 aromatic rings. The minimum absolute atomic E-state index is 0.0178. The molecule has 1 saturated carbocycles. The molecule has 4 rings (SSSR count). The minimum Gasteiger partial charge on any atom is -0.507 e. The first-order valence-electron chi connectivity index (χ1n) is 9.59. The largest absolute Gasteiger partial charge is 0.507 e. The van der Waals surface area contributed by atoms with E-state index in [1.54, 1.807) is 35.2 Å². The molecule has 5 nitrogen and oxygen atoms in total. The summed E-state index contributed by atoms with van der Waals surface area (Å²) in [4.78, 5) is 27.6. The number of furan rings is 1. The summed E-state index contributed by atoms with van der Waals surface area (Å²) in [5.74, 6) is -0.147. The van der Waals surface area contributed by atoms with Crippen molar-refractivity contribution in [2.24, 2.45) is 0 Å². The highest BCUT2D eigenvalue weighted by molar-refractivity contribution is 9.10. The SMILES string of the molecule is Cc1ccc(C2/C(=C(/O)c3ccc(Br)cc3)C(=O)C(=O)N2C2CCCCC2)o1. The summed E-state index contributed by atoms with van der Waals surface area (Å²) in [6.45, 7) is 1.82. The van der Waals surface area contributed by atoms with E-state index in [4.69, 9.17) is 4.42 Å². The number of hydrogen-bond donors (Lipinski definition) is 1. The average molecular weight is 444 g/mol. The number of carbonyl (C=O) groups is 2. The summed E-state index contributed by atoms with van der Waals surface area (Å²) in [6.07, 6.45) is 4.93. The second kappa shape index (κ2) is 7.59. The first-order chi connectivity index (χ1) is 13.5. The van der Waals surface area contributed by atoms with E-state index in [9.17, 15) is 14.7 Å². The Morgan fingerprint density at radius 3 is 2.36 bits per heavy atom. The molecule has 0 spiro atoms. The molecule has 1 aromatic carbocycles. The van der Waals surface area contributed by atoms with E-state index in [1.165, 1.54) is 0 Å². The van der Waals surface area contributed by atoms with Gasteiger partial charge in [0.1, 0.15) is 23.3 Å². The van der Waals surface area contributed by atoms with E-state index >= 15 is 0 Å². The molecule has 1 saturated heterocycles. The van der Waals surface area contributed by atoms with Crippen molar-refractivity contribution in [1.82, 2.24) is 4.90 Å². The van der Waals surface area contributed by atoms with Gasteiger partial charge in [0.25, 0.3) is 11.7 Å². The lowest BCUT2D eigenvalue weighted by molar-refractivity contribution is -0.142. The molecule has 6 heteroatoms. The van der Waals surface area contributed by atoms with Crippen molar-refractivity contribution in [2.75, 3.05) is 0 Å². The number of likely N-dealkylation sites (tertiary alicyclic amines) is 1. The third-order valence-electron chi connectivity index (χ3n) is 5.60. The summed E-state index contributed by atoms with van der Waals surface area (Å²) in [5.41, 5.74) is 0.602. The number of amides is 1. The predicted molar refractivity (Wildman–Crippen MR) is 109 cm³/mol. The number of carbonyl (C=O) groups excluding carboxylic acids is 2. The second-order valence-corrected chi connectivity index (χ2v) is 8.37. The molecule has 0 bridgehead atoms. The Balaban J connectivity index is 1.85. The standard InChI is InChI=1S/C22H22BrNO4/c1-13-7-12-17(28-13)19-18(20(25)14-8-10-15(23)11-9-14)21(26)22(27)24(19)16-5-3-2-4-6-16/h7-12,16,19,25H,2-6H2,1H3/b20-18-. The maximum Gasteiger partial charge on any atom is 0.296 e. The number of hydrogen-bond acceptors (Lipinski definition) is 4. The molecule has 1 N–H and O–H groups in total. The van der Waals surface area contributed by atoms with E-state index in [0.717, 1.165) is 36.6 Å². The van der Waals surface area contributed by atoms with E-state index in [0.29, 0.717) is 17.1 Å². The summed E-state index contributed by atoms with van der Waals surface area (Å²) in [6, 6.07) is 9.91. The molecule has 2 heterocycles. The van der Waals surface area contributed by atoms with Crippen molar-refractivity contribution in [3.8, 4) is 0 Å². The smallest absolute Gasteiger partial charge is 0.296 e. The number of aliphatic hydroxyl groups is 1. The highest BCUT2D eigenvalue weighted by atomic mass is 79.9. The van der Waals surface area contributed by atoms with Gasteiger partial charge in [0, 0.05) is 16.1 Å². The van der Waals surface area contributed by atoms with Crippen molar-refractivity contribution in [3.63, 3.8) is 0 Å². The maximum absolute atomic E-state index is 13.0. The Kier molecular flexibility index (Phi) is 5.15. The van der Waals surface area contributed by atoms with Crippen molar-refractivity contribution in [1.29, 1.82) is 0 Å². The Bertz CT molecular complexity index is 938. The van der Waals surface area contributed by atoms with Crippen LogP contribution in [0.5, 0.6) is 0 Å². The Hall–Kier alpha value is -2.34. The predicted octanol–water partition coefficient (Wildman–Crippen LogP) is 5.10. The summed E-state index contributed by atoms with van der Waals surface area (Å²) in [7, 11) is 0. The highest BCUT2D eigenvalue weighted by Crippen LogP contribution is 2.43. The van der Waals surface area contributed by atoms with E-state index < -0.39 is 17.7 Å². The third kappa shape index (κ3) is 3.30. The lowest BCUT2D eigenvalue weighted by Crippen LogP contribution is -2.40. The molecule has 1 aromatic heterocycles. The zero-order valence-corrected chi connectivity index (χ0v) is 17.2. The number of nitrogens with zero attached hydrogens (tertiary/aromatic N) is 1. The molecule has 2 fully saturated rings. The normalized spacial score (nSPS) is 22.8. The molecule has 1 aliphatic carbocycles. The number of rotatable bonds is 3. The van der Waals surface area contributed by atoms with Crippen LogP contribution in [0.1, 0.15) is 55.2 Å². The Morgan fingerprint density at radius 1 is 1.07 bits per heavy atom. The molecule has 1 unspecified atom stereocenters. The zero-order valence-electron chi connectivity index (χ0n) is 15.7. The lowest BCUT2D eigenvalue weighted by atomic mass is 9.92. The molecule has 1 aliphatic heterocycles. The summed E-state index contributed by atoms with van der Waals surface area (Å²) >= 11 is 3.37. The molecular weight excluding hydrogens is 422 g/mol. The topological polar surface area (TPSA) is 70.8 Å². The molecule has 28 heavy (non-hydrogen) atoms. The second-order valence-electron chi connectivity index (χ2n) is 7.45. The van der Waals surface area contributed by atoms with Crippen molar-refractivity contribution in [3.05, 3.63) is 63.5 Å². The fourth-order valence-corrected chi connectivity index (χ4v) is 4.49. The third-order valence-corrected chi connectivity index (χ3v) is 6.13. The fourth-order valence-electron chi connectivity index (χ4n) is 4.23. The Morgan fingerprint density at radius 2 is 1.75 bits per heavy atom. The first-order valence-corrected chi connectivity index (χ1v) is 10.4. The van der Waals surface area contributed by atoms with Crippen LogP contribution in [0.2, 0.25) is 0 Å². The lowest BCUT2D eigenvalue weighted by Gasteiger charge is -2.34. The molecule has 1 atom stereocenters. The van der Waals surface area contributed by atoms with Gasteiger partial charge in [0.2, 0.25) is 0 Å². The van der Waals surface area contributed by atoms with Crippen LogP contribution in [0.15, 0.2) is 50.9 Å². The Labute approximate surface area is 172 Å². The number of ketones is 1.